The molecule has 26 heavy (non-hydrogen) atoms. The predicted molar refractivity (Wildman–Crippen MR) is 101 cm³/mol. The Labute approximate surface area is 155 Å². The number of rotatable bonds is 8. The van der Waals surface area contributed by atoms with Gasteiger partial charge in [0.05, 0.1) is 12.7 Å². The van der Waals surface area contributed by atoms with Gasteiger partial charge in [0.1, 0.15) is 5.25 Å². The Balaban J connectivity index is 2.05. The maximum atomic E-state index is 12.6. The largest absolute Gasteiger partial charge is 0.480 e. The summed E-state index contributed by atoms with van der Waals surface area (Å²) in [6, 6.07) is 14.4. The first-order valence-corrected chi connectivity index (χ1v) is 9.61. The number of aliphatic carboxylic acids is 1. The summed E-state index contributed by atoms with van der Waals surface area (Å²) in [7, 11) is -0.302. The molecule has 0 fully saturated rings. The molecule has 0 radical (unpaired) electrons. The third-order valence-corrected chi connectivity index (χ3v) is 5.76. The van der Waals surface area contributed by atoms with Crippen LogP contribution in [0.1, 0.15) is 33.5 Å². The zero-order valence-corrected chi connectivity index (χ0v) is 15.6. The summed E-state index contributed by atoms with van der Waals surface area (Å²) >= 11 is 0. The van der Waals surface area contributed by atoms with E-state index in [1.165, 1.54) is 7.11 Å². The fraction of sp³-hybridized carbons (Fsp3) is 0.300. The van der Waals surface area contributed by atoms with Crippen molar-refractivity contribution in [3.05, 3.63) is 70.8 Å². The number of carboxylic acids is 1. The minimum Gasteiger partial charge on any atom is -0.480 e. The number of esters is 1. The van der Waals surface area contributed by atoms with Crippen molar-refractivity contribution in [3.8, 4) is 0 Å². The maximum absolute atomic E-state index is 12.6. The fourth-order valence-corrected chi connectivity index (χ4v) is 3.91. The topological polar surface area (TPSA) is 80.7 Å². The van der Waals surface area contributed by atoms with Crippen LogP contribution in [0.5, 0.6) is 0 Å². The molecule has 0 heterocycles. The lowest BCUT2D eigenvalue weighted by Gasteiger charge is -2.13. The van der Waals surface area contributed by atoms with Gasteiger partial charge in [-0.2, -0.15) is 0 Å². The number of carboxylic acid groups (broad SMARTS) is 1. The Morgan fingerprint density at radius 3 is 2.42 bits per heavy atom. The zero-order chi connectivity index (χ0) is 19.1. The first kappa shape index (κ1) is 19.8. The molecule has 2 atom stereocenters. The number of hydrogen-bond donors (Lipinski definition) is 1. The van der Waals surface area contributed by atoms with Gasteiger partial charge in [-0.1, -0.05) is 42.0 Å². The monoisotopic (exact) mass is 374 g/mol. The molecule has 0 amide bonds. The van der Waals surface area contributed by atoms with Crippen molar-refractivity contribution in [2.24, 2.45) is 0 Å². The van der Waals surface area contributed by atoms with E-state index in [0.717, 1.165) is 11.1 Å². The van der Waals surface area contributed by atoms with Gasteiger partial charge in [-0.25, -0.2) is 4.79 Å². The minimum atomic E-state index is -1.59. The standard InChI is InChI=1S/C20H22O5S/c1-14-6-8-15(9-7-14)10-11-18(19(21)22)26(24)13-16-4-3-5-17(12-16)20(23)25-2/h3-9,12,18H,10-11,13H2,1-2H3,(H,21,22). The van der Waals surface area contributed by atoms with E-state index in [-0.39, 0.29) is 5.75 Å². The van der Waals surface area contributed by atoms with E-state index < -0.39 is 28.0 Å². The molecule has 6 heteroatoms. The molecular formula is C20H22O5S. The second-order valence-corrected chi connectivity index (χ2v) is 7.69. The molecule has 2 unspecified atom stereocenters. The number of hydrogen-bond acceptors (Lipinski definition) is 4. The van der Waals surface area contributed by atoms with Gasteiger partial charge in [0.25, 0.3) is 0 Å². The smallest absolute Gasteiger partial charge is 0.337 e. The molecule has 0 bridgehead atoms. The maximum Gasteiger partial charge on any atom is 0.337 e. The van der Waals surface area contributed by atoms with Crippen LogP contribution in [0.2, 0.25) is 0 Å². The average Bonchev–Trinajstić information content (AvgIpc) is 2.62. The van der Waals surface area contributed by atoms with Crippen LogP contribution >= 0.6 is 0 Å². The molecule has 138 valence electrons. The lowest BCUT2D eigenvalue weighted by atomic mass is 10.1. The van der Waals surface area contributed by atoms with Gasteiger partial charge in [-0.05, 0) is 43.0 Å². The van der Waals surface area contributed by atoms with E-state index in [2.05, 4.69) is 4.74 Å². The van der Waals surface area contributed by atoms with Crippen molar-refractivity contribution in [2.75, 3.05) is 7.11 Å². The van der Waals surface area contributed by atoms with Crippen molar-refractivity contribution < 1.29 is 23.6 Å². The van der Waals surface area contributed by atoms with Gasteiger partial charge < -0.3 is 9.84 Å². The molecule has 2 rings (SSSR count). The number of aryl methyl sites for hydroxylation is 2. The summed E-state index contributed by atoms with van der Waals surface area (Å²) in [5.41, 5.74) is 3.16. The van der Waals surface area contributed by atoms with Crippen LogP contribution in [0.25, 0.3) is 0 Å². The highest BCUT2D eigenvalue weighted by Crippen LogP contribution is 2.16. The molecular weight excluding hydrogens is 352 g/mol. The molecule has 0 aromatic heterocycles. The van der Waals surface area contributed by atoms with Gasteiger partial charge in [0, 0.05) is 16.6 Å². The van der Waals surface area contributed by atoms with Crippen LogP contribution in [0.4, 0.5) is 0 Å². The summed E-state index contributed by atoms with van der Waals surface area (Å²) in [6.07, 6.45) is 0.840. The number of benzene rings is 2. The summed E-state index contributed by atoms with van der Waals surface area (Å²) < 4.78 is 17.3. The molecule has 0 saturated heterocycles. The SMILES string of the molecule is COC(=O)c1cccc(CS(=O)C(CCc2ccc(C)cc2)C(=O)O)c1. The van der Waals surface area contributed by atoms with Gasteiger partial charge >= 0.3 is 11.9 Å². The summed E-state index contributed by atoms with van der Waals surface area (Å²) in [5.74, 6) is -1.47. The highest BCUT2D eigenvalue weighted by molar-refractivity contribution is 7.85. The molecule has 2 aromatic carbocycles. The van der Waals surface area contributed by atoms with Gasteiger partial charge in [0.2, 0.25) is 0 Å². The average molecular weight is 374 g/mol. The summed E-state index contributed by atoms with van der Waals surface area (Å²) in [6.45, 7) is 1.99. The van der Waals surface area contributed by atoms with Gasteiger partial charge in [-0.3, -0.25) is 9.00 Å². The van der Waals surface area contributed by atoms with Crippen LogP contribution in [-0.4, -0.2) is 33.6 Å². The Morgan fingerprint density at radius 1 is 1.12 bits per heavy atom. The lowest BCUT2D eigenvalue weighted by Crippen LogP contribution is -2.27. The third kappa shape index (κ3) is 5.52. The van der Waals surface area contributed by atoms with Gasteiger partial charge in [0.15, 0.2) is 0 Å². The van der Waals surface area contributed by atoms with Crippen LogP contribution in [0.3, 0.4) is 0 Å². The Bertz CT molecular complexity index is 798. The van der Waals surface area contributed by atoms with Crippen molar-refractivity contribution in [2.45, 2.75) is 30.8 Å². The summed E-state index contributed by atoms with van der Waals surface area (Å²) in [4.78, 5) is 23.1. The third-order valence-electron chi connectivity index (χ3n) is 4.07. The minimum absolute atomic E-state index is 0.0791. The quantitative estimate of drug-likeness (QED) is 0.718. The van der Waals surface area contributed by atoms with Crippen LogP contribution in [0.15, 0.2) is 48.5 Å². The van der Waals surface area contributed by atoms with Crippen LogP contribution in [-0.2, 0) is 32.5 Å². The normalized spacial score (nSPS) is 13.0. The van der Waals surface area contributed by atoms with Crippen LogP contribution < -0.4 is 0 Å². The lowest BCUT2D eigenvalue weighted by molar-refractivity contribution is -0.136. The molecule has 2 aromatic rings. The predicted octanol–water partition coefficient (Wildman–Crippen LogP) is 3.12. The molecule has 0 aliphatic carbocycles. The Hall–Kier alpha value is -2.47. The van der Waals surface area contributed by atoms with E-state index in [9.17, 15) is 18.9 Å². The van der Waals surface area contributed by atoms with E-state index >= 15 is 0 Å². The second-order valence-electron chi connectivity index (χ2n) is 6.07. The van der Waals surface area contributed by atoms with Crippen molar-refractivity contribution in [3.63, 3.8) is 0 Å². The first-order chi connectivity index (χ1) is 12.4. The van der Waals surface area contributed by atoms with E-state index in [0.29, 0.717) is 24.0 Å². The van der Waals surface area contributed by atoms with Crippen LogP contribution in [0, 0.1) is 6.92 Å². The van der Waals surface area contributed by atoms with E-state index in [4.69, 9.17) is 0 Å². The van der Waals surface area contributed by atoms with E-state index in [1.807, 2.05) is 31.2 Å². The Morgan fingerprint density at radius 2 is 1.81 bits per heavy atom. The number of methoxy groups -OCH3 is 1. The molecule has 1 N–H and O–H groups in total. The summed E-state index contributed by atoms with van der Waals surface area (Å²) in [5, 5.41) is 8.50. The molecule has 0 saturated carbocycles. The van der Waals surface area contributed by atoms with Crippen molar-refractivity contribution in [1.29, 1.82) is 0 Å². The van der Waals surface area contributed by atoms with E-state index in [1.54, 1.807) is 24.3 Å². The highest BCUT2D eigenvalue weighted by atomic mass is 32.2. The van der Waals surface area contributed by atoms with Crippen molar-refractivity contribution in [1.82, 2.24) is 0 Å². The molecule has 5 nitrogen and oxygen atoms in total. The number of carbonyl (C=O) groups is 2. The van der Waals surface area contributed by atoms with Crippen molar-refractivity contribution >= 4 is 22.7 Å². The first-order valence-electron chi connectivity index (χ1n) is 8.23. The number of carbonyl (C=O) groups excluding carboxylic acids is 1. The molecule has 0 aliphatic heterocycles. The second kappa shape index (κ2) is 9.29. The molecule has 0 spiro atoms. The fourth-order valence-electron chi connectivity index (χ4n) is 2.59. The van der Waals surface area contributed by atoms with Gasteiger partial charge in [-0.15, -0.1) is 0 Å². The Kier molecular flexibility index (Phi) is 7.09. The molecule has 0 aliphatic rings. The highest BCUT2D eigenvalue weighted by Gasteiger charge is 2.24. The number of ether oxygens (including phenoxy) is 1. The zero-order valence-electron chi connectivity index (χ0n) is 14.8.